The third-order valence-electron chi connectivity index (χ3n) is 5.28. The Balaban J connectivity index is 1.87. The smallest absolute Gasteiger partial charge is 0.0710 e. The van der Waals surface area contributed by atoms with Crippen molar-refractivity contribution >= 4 is 23.3 Å². The lowest BCUT2D eigenvalue weighted by atomic mass is 9.99. The lowest BCUT2D eigenvalue weighted by Gasteiger charge is -2.35. The van der Waals surface area contributed by atoms with Crippen LogP contribution in [0.5, 0.6) is 0 Å². The van der Waals surface area contributed by atoms with Crippen LogP contribution in [0.1, 0.15) is 32.0 Å². The number of hydrogen-bond acceptors (Lipinski definition) is 7. The van der Waals surface area contributed by atoms with Crippen LogP contribution in [-0.2, 0) is 11.3 Å². The predicted molar refractivity (Wildman–Crippen MR) is 139 cm³/mol. The van der Waals surface area contributed by atoms with E-state index in [9.17, 15) is 0 Å². The van der Waals surface area contributed by atoms with Gasteiger partial charge in [-0.3, -0.25) is 14.9 Å². The molecule has 1 saturated heterocycles. The van der Waals surface area contributed by atoms with Crippen LogP contribution in [0.25, 0.3) is 16.8 Å². The van der Waals surface area contributed by atoms with E-state index in [1.54, 1.807) is 12.3 Å². The van der Waals surface area contributed by atoms with E-state index in [0.717, 1.165) is 53.4 Å². The molecule has 5 N–H and O–H groups in total. The molecule has 3 rings (SSSR count). The number of morpholine rings is 1. The van der Waals surface area contributed by atoms with E-state index >= 15 is 0 Å². The molecule has 2 heterocycles. The van der Waals surface area contributed by atoms with Gasteiger partial charge in [-0.1, -0.05) is 19.2 Å². The molecule has 1 aliphatic heterocycles. The molecule has 33 heavy (non-hydrogen) atoms. The third kappa shape index (κ3) is 6.54. The Bertz CT molecular complexity index is 1050. The number of hydrogen-bond donors (Lipinski definition) is 3. The molecule has 7 heteroatoms. The van der Waals surface area contributed by atoms with E-state index in [1.165, 1.54) is 6.20 Å². The molecule has 174 valence electrons. The van der Waals surface area contributed by atoms with Crippen LogP contribution in [0, 0.1) is 0 Å². The van der Waals surface area contributed by atoms with Crippen molar-refractivity contribution in [1.82, 2.24) is 9.88 Å². The van der Waals surface area contributed by atoms with Crippen molar-refractivity contribution in [2.24, 2.45) is 10.7 Å². The van der Waals surface area contributed by atoms with Gasteiger partial charge >= 0.3 is 0 Å². The van der Waals surface area contributed by atoms with Gasteiger partial charge in [-0.05, 0) is 56.8 Å². The summed E-state index contributed by atoms with van der Waals surface area (Å²) in [6.45, 7) is 16.7. The van der Waals surface area contributed by atoms with Crippen molar-refractivity contribution in [3.05, 3.63) is 72.9 Å². The molecule has 0 amide bonds. The number of benzene rings is 1. The first kappa shape index (κ1) is 24.2. The molecule has 0 bridgehead atoms. The van der Waals surface area contributed by atoms with Crippen LogP contribution in [0.15, 0.2) is 66.6 Å². The van der Waals surface area contributed by atoms with E-state index in [2.05, 4.69) is 54.3 Å². The van der Waals surface area contributed by atoms with Crippen LogP contribution in [0.2, 0.25) is 0 Å². The Morgan fingerprint density at radius 3 is 2.58 bits per heavy atom. The van der Waals surface area contributed by atoms with Gasteiger partial charge in [0.25, 0.3) is 0 Å². The van der Waals surface area contributed by atoms with Crippen molar-refractivity contribution < 1.29 is 4.74 Å². The predicted octanol–water partition coefficient (Wildman–Crippen LogP) is 4.40. The molecule has 1 aromatic heterocycles. The minimum Gasteiger partial charge on any atom is -0.405 e. The third-order valence-corrected chi connectivity index (χ3v) is 5.28. The Morgan fingerprint density at radius 1 is 1.24 bits per heavy atom. The zero-order valence-corrected chi connectivity index (χ0v) is 19.7. The molecule has 2 aromatic rings. The zero-order chi connectivity index (χ0) is 24.0. The average Bonchev–Trinajstić information content (AvgIpc) is 2.74. The number of pyridine rings is 1. The fourth-order valence-corrected chi connectivity index (χ4v) is 4.00. The van der Waals surface area contributed by atoms with Crippen LogP contribution in [0.4, 0.5) is 11.4 Å². The minimum atomic E-state index is 0.233. The highest BCUT2D eigenvalue weighted by molar-refractivity contribution is 5.90. The highest BCUT2D eigenvalue weighted by Gasteiger charge is 2.22. The number of aliphatic imine (C=N–C) groups is 1. The highest BCUT2D eigenvalue weighted by Crippen LogP contribution is 2.35. The Kier molecular flexibility index (Phi) is 8.03. The number of anilines is 2. The quantitative estimate of drug-likeness (QED) is 0.410. The van der Waals surface area contributed by atoms with Gasteiger partial charge in [-0.15, -0.1) is 0 Å². The number of nitrogen functional groups attached to an aromatic ring is 1. The summed E-state index contributed by atoms with van der Waals surface area (Å²) in [7, 11) is 0. The summed E-state index contributed by atoms with van der Waals surface area (Å²) in [5.74, 6) is 0. The standard InChI is InChI=1S/C26H34N6O/c1-17(2)31-26-24(20(5)29-10-6-9-27)11-22(12-25(26)28)21-7-8-23(30-13-21)16-32-14-18(3)33-19(4)15-32/h6-13,18-19,31H,1,5,14-16,27-28H2,2-4H3/b9-6-,29-10-/t18-,19+. The van der Waals surface area contributed by atoms with Gasteiger partial charge in [0, 0.05) is 48.9 Å². The second-order valence-corrected chi connectivity index (χ2v) is 8.49. The maximum absolute atomic E-state index is 6.41. The number of rotatable bonds is 8. The molecule has 1 aliphatic rings. The first-order valence-electron chi connectivity index (χ1n) is 11.1. The Morgan fingerprint density at radius 2 is 1.97 bits per heavy atom. The first-order chi connectivity index (χ1) is 15.8. The molecule has 0 unspecified atom stereocenters. The maximum Gasteiger partial charge on any atom is 0.0710 e. The largest absolute Gasteiger partial charge is 0.405 e. The second-order valence-electron chi connectivity index (χ2n) is 8.49. The van der Waals surface area contributed by atoms with Crippen molar-refractivity contribution in [2.75, 3.05) is 24.1 Å². The molecule has 0 spiro atoms. The highest BCUT2D eigenvalue weighted by atomic mass is 16.5. The topological polar surface area (TPSA) is 102 Å². The summed E-state index contributed by atoms with van der Waals surface area (Å²) in [5, 5.41) is 3.23. The average molecular weight is 447 g/mol. The van der Waals surface area contributed by atoms with Crippen LogP contribution < -0.4 is 16.8 Å². The monoisotopic (exact) mass is 446 g/mol. The number of aromatic nitrogens is 1. The normalized spacial score (nSPS) is 19.2. The summed E-state index contributed by atoms with van der Waals surface area (Å²) < 4.78 is 5.83. The fraction of sp³-hybridized carbons (Fsp3) is 0.308. The van der Waals surface area contributed by atoms with E-state index in [-0.39, 0.29) is 12.2 Å². The van der Waals surface area contributed by atoms with E-state index in [1.807, 2.05) is 25.3 Å². The zero-order valence-electron chi connectivity index (χ0n) is 19.7. The van der Waals surface area contributed by atoms with Crippen LogP contribution >= 0.6 is 0 Å². The maximum atomic E-state index is 6.41. The summed E-state index contributed by atoms with van der Waals surface area (Å²) in [5.41, 5.74) is 18.2. The summed E-state index contributed by atoms with van der Waals surface area (Å²) in [6.07, 6.45) is 7.01. The van der Waals surface area contributed by atoms with Crippen LogP contribution in [-0.4, -0.2) is 41.4 Å². The number of ether oxygens (including phenoxy) is 1. The Hall–Kier alpha value is -3.42. The van der Waals surface area contributed by atoms with Gasteiger partial charge in [0.05, 0.1) is 35.0 Å². The molecule has 0 aliphatic carbocycles. The number of allylic oxidation sites excluding steroid dienone is 2. The van der Waals surface area contributed by atoms with Crippen molar-refractivity contribution in [3.8, 4) is 11.1 Å². The molecule has 1 fully saturated rings. The van der Waals surface area contributed by atoms with Gasteiger partial charge in [-0.25, -0.2) is 0 Å². The molecule has 0 saturated carbocycles. The van der Waals surface area contributed by atoms with Crippen molar-refractivity contribution in [1.29, 1.82) is 0 Å². The molecule has 7 nitrogen and oxygen atoms in total. The van der Waals surface area contributed by atoms with Gasteiger partial charge in [0.15, 0.2) is 0 Å². The fourth-order valence-electron chi connectivity index (χ4n) is 4.00. The molecule has 2 atom stereocenters. The van der Waals surface area contributed by atoms with Gasteiger partial charge < -0.3 is 21.5 Å². The second kappa shape index (κ2) is 10.9. The Labute approximate surface area is 196 Å². The van der Waals surface area contributed by atoms with E-state index in [4.69, 9.17) is 21.2 Å². The van der Waals surface area contributed by atoms with Gasteiger partial charge in [0.2, 0.25) is 0 Å². The molecular weight excluding hydrogens is 412 g/mol. The minimum absolute atomic E-state index is 0.233. The molecule has 1 aromatic carbocycles. The van der Waals surface area contributed by atoms with Crippen molar-refractivity contribution in [3.63, 3.8) is 0 Å². The number of nitrogens with zero attached hydrogens (tertiary/aromatic N) is 3. The summed E-state index contributed by atoms with van der Waals surface area (Å²) >= 11 is 0. The summed E-state index contributed by atoms with van der Waals surface area (Å²) in [6, 6.07) is 8.07. The SMILES string of the molecule is C=C(C)Nc1c(N)cc(-c2ccc(CN3C[C@@H](C)O[C@@H](C)C3)nc2)cc1C(=C)/N=C\C=C/N. The molecule has 0 radical (unpaired) electrons. The van der Waals surface area contributed by atoms with E-state index < -0.39 is 0 Å². The lowest BCUT2D eigenvalue weighted by molar-refractivity contribution is -0.0707. The van der Waals surface area contributed by atoms with Crippen molar-refractivity contribution in [2.45, 2.75) is 39.5 Å². The van der Waals surface area contributed by atoms with Crippen LogP contribution in [0.3, 0.4) is 0 Å². The van der Waals surface area contributed by atoms with Gasteiger partial charge in [0.1, 0.15) is 0 Å². The number of nitrogens with two attached hydrogens (primary N) is 2. The molecular formula is C26H34N6O. The van der Waals surface area contributed by atoms with Gasteiger partial charge in [-0.2, -0.15) is 0 Å². The first-order valence-corrected chi connectivity index (χ1v) is 11.1. The summed E-state index contributed by atoms with van der Waals surface area (Å²) in [4.78, 5) is 11.5. The van der Waals surface area contributed by atoms with E-state index in [0.29, 0.717) is 11.4 Å². The number of nitrogens with one attached hydrogen (secondary N) is 1. The lowest BCUT2D eigenvalue weighted by Crippen LogP contribution is -2.44.